The highest BCUT2D eigenvalue weighted by atomic mass is 15.1. The molecule has 0 radical (unpaired) electrons. The van der Waals surface area contributed by atoms with Crippen LogP contribution < -0.4 is 5.73 Å². The molecular weight excluding hydrogens is 220 g/mol. The van der Waals surface area contributed by atoms with Gasteiger partial charge >= 0.3 is 0 Å². The molecule has 2 nitrogen and oxygen atoms in total. The van der Waals surface area contributed by atoms with Crippen LogP contribution in [0.5, 0.6) is 0 Å². The smallest absolute Gasteiger partial charge is 0.00509 e. The fourth-order valence-electron chi connectivity index (χ4n) is 2.90. The van der Waals surface area contributed by atoms with E-state index in [-0.39, 0.29) is 0 Å². The van der Waals surface area contributed by atoms with Crippen molar-refractivity contribution in [2.75, 3.05) is 19.6 Å². The van der Waals surface area contributed by atoms with Gasteiger partial charge in [-0.25, -0.2) is 0 Å². The van der Waals surface area contributed by atoms with Gasteiger partial charge in [0.05, 0.1) is 0 Å². The SMILES string of the molecule is CCCC(N)CCN1CCC(c2ccccc2)C1. The van der Waals surface area contributed by atoms with Crippen LogP contribution in [0.15, 0.2) is 30.3 Å². The number of nitrogens with two attached hydrogens (primary N) is 1. The van der Waals surface area contributed by atoms with Gasteiger partial charge < -0.3 is 10.6 Å². The van der Waals surface area contributed by atoms with E-state index in [9.17, 15) is 0 Å². The molecule has 1 aromatic rings. The first-order chi connectivity index (χ1) is 8.79. The second-order valence-electron chi connectivity index (χ2n) is 5.53. The van der Waals surface area contributed by atoms with Gasteiger partial charge in [-0.3, -0.25) is 0 Å². The quantitative estimate of drug-likeness (QED) is 0.836. The normalized spacial score (nSPS) is 22.2. The number of nitrogens with zero attached hydrogens (tertiary/aromatic N) is 1. The summed E-state index contributed by atoms with van der Waals surface area (Å²) in [5.41, 5.74) is 7.58. The molecule has 0 amide bonds. The summed E-state index contributed by atoms with van der Waals surface area (Å²) >= 11 is 0. The zero-order valence-electron chi connectivity index (χ0n) is 11.5. The highest BCUT2D eigenvalue weighted by Crippen LogP contribution is 2.26. The molecule has 1 fully saturated rings. The summed E-state index contributed by atoms with van der Waals surface area (Å²) in [6.45, 7) is 5.83. The second-order valence-corrected chi connectivity index (χ2v) is 5.53. The van der Waals surface area contributed by atoms with Gasteiger partial charge in [-0.05, 0) is 43.8 Å². The van der Waals surface area contributed by atoms with E-state index in [0.29, 0.717) is 6.04 Å². The van der Waals surface area contributed by atoms with Crippen molar-refractivity contribution < 1.29 is 0 Å². The van der Waals surface area contributed by atoms with Crippen molar-refractivity contribution in [2.24, 2.45) is 5.73 Å². The maximum absolute atomic E-state index is 6.08. The van der Waals surface area contributed by atoms with E-state index in [0.717, 1.165) is 18.8 Å². The molecule has 0 saturated carbocycles. The summed E-state index contributed by atoms with van der Waals surface area (Å²) < 4.78 is 0. The van der Waals surface area contributed by atoms with Crippen molar-refractivity contribution in [1.82, 2.24) is 4.90 Å². The average molecular weight is 246 g/mol. The van der Waals surface area contributed by atoms with Crippen LogP contribution >= 0.6 is 0 Å². The zero-order valence-corrected chi connectivity index (χ0v) is 11.5. The lowest BCUT2D eigenvalue weighted by atomic mass is 9.99. The molecule has 2 rings (SSSR count). The predicted molar refractivity (Wildman–Crippen MR) is 77.7 cm³/mol. The van der Waals surface area contributed by atoms with Crippen LogP contribution in [0.4, 0.5) is 0 Å². The molecule has 0 spiro atoms. The summed E-state index contributed by atoms with van der Waals surface area (Å²) in [6, 6.07) is 11.3. The van der Waals surface area contributed by atoms with Crippen molar-refractivity contribution >= 4 is 0 Å². The first-order valence-corrected chi connectivity index (χ1v) is 7.32. The second kappa shape index (κ2) is 6.91. The summed E-state index contributed by atoms with van der Waals surface area (Å²) in [5, 5.41) is 0. The van der Waals surface area contributed by atoms with Gasteiger partial charge in [-0.15, -0.1) is 0 Å². The van der Waals surface area contributed by atoms with Crippen molar-refractivity contribution in [3.8, 4) is 0 Å². The third-order valence-corrected chi connectivity index (χ3v) is 4.02. The predicted octanol–water partition coefficient (Wildman–Crippen LogP) is 2.99. The first kappa shape index (κ1) is 13.6. The summed E-state index contributed by atoms with van der Waals surface area (Å²) in [6.07, 6.45) is 4.81. The van der Waals surface area contributed by atoms with Gasteiger partial charge in [-0.1, -0.05) is 43.7 Å². The molecule has 1 aliphatic rings. The summed E-state index contributed by atoms with van der Waals surface area (Å²) in [7, 11) is 0. The Labute approximate surface area is 111 Å². The first-order valence-electron chi connectivity index (χ1n) is 7.32. The lowest BCUT2D eigenvalue weighted by Crippen LogP contribution is -2.29. The lowest BCUT2D eigenvalue weighted by Gasteiger charge is -2.18. The van der Waals surface area contributed by atoms with Gasteiger partial charge in [0, 0.05) is 12.6 Å². The van der Waals surface area contributed by atoms with Gasteiger partial charge in [0.25, 0.3) is 0 Å². The number of benzene rings is 1. The summed E-state index contributed by atoms with van der Waals surface area (Å²) in [5.74, 6) is 0.730. The maximum atomic E-state index is 6.08. The highest BCUT2D eigenvalue weighted by molar-refractivity contribution is 5.20. The van der Waals surface area contributed by atoms with E-state index in [2.05, 4.69) is 42.2 Å². The molecule has 100 valence electrons. The van der Waals surface area contributed by atoms with E-state index in [1.54, 1.807) is 0 Å². The van der Waals surface area contributed by atoms with E-state index in [1.807, 2.05) is 0 Å². The molecule has 0 aliphatic carbocycles. The molecule has 1 aliphatic heterocycles. The van der Waals surface area contributed by atoms with Crippen LogP contribution in [-0.2, 0) is 0 Å². The third kappa shape index (κ3) is 3.82. The van der Waals surface area contributed by atoms with E-state index in [1.165, 1.54) is 38.0 Å². The van der Waals surface area contributed by atoms with Crippen molar-refractivity contribution in [1.29, 1.82) is 0 Å². The Morgan fingerprint density at radius 1 is 1.28 bits per heavy atom. The minimum Gasteiger partial charge on any atom is -0.328 e. The minimum atomic E-state index is 0.394. The lowest BCUT2D eigenvalue weighted by molar-refractivity contribution is 0.314. The molecule has 2 unspecified atom stereocenters. The van der Waals surface area contributed by atoms with Crippen molar-refractivity contribution in [2.45, 2.75) is 44.6 Å². The Hall–Kier alpha value is -0.860. The number of hydrogen-bond donors (Lipinski definition) is 1. The molecule has 1 saturated heterocycles. The topological polar surface area (TPSA) is 29.3 Å². The monoisotopic (exact) mass is 246 g/mol. The minimum absolute atomic E-state index is 0.394. The van der Waals surface area contributed by atoms with Crippen molar-refractivity contribution in [3.05, 3.63) is 35.9 Å². The fourth-order valence-corrected chi connectivity index (χ4v) is 2.90. The van der Waals surface area contributed by atoms with Gasteiger partial charge in [0.1, 0.15) is 0 Å². The Morgan fingerprint density at radius 3 is 2.78 bits per heavy atom. The molecule has 0 bridgehead atoms. The molecule has 1 aromatic carbocycles. The number of rotatable bonds is 6. The number of hydrogen-bond acceptors (Lipinski definition) is 2. The van der Waals surface area contributed by atoms with Crippen LogP contribution in [0, 0.1) is 0 Å². The Kier molecular flexibility index (Phi) is 5.21. The molecule has 2 N–H and O–H groups in total. The van der Waals surface area contributed by atoms with Crippen LogP contribution in [0.2, 0.25) is 0 Å². The molecule has 2 heteroatoms. The average Bonchev–Trinajstić information content (AvgIpc) is 2.87. The Bertz CT molecular complexity index is 336. The molecule has 0 aromatic heterocycles. The molecular formula is C16H26N2. The maximum Gasteiger partial charge on any atom is 0.00509 e. The van der Waals surface area contributed by atoms with Crippen LogP contribution in [0.1, 0.15) is 44.1 Å². The van der Waals surface area contributed by atoms with E-state index >= 15 is 0 Å². The van der Waals surface area contributed by atoms with Crippen LogP contribution in [0.25, 0.3) is 0 Å². The Morgan fingerprint density at radius 2 is 2.06 bits per heavy atom. The standard InChI is InChI=1S/C16H26N2/c1-2-6-16(17)10-12-18-11-9-15(13-18)14-7-4-3-5-8-14/h3-5,7-8,15-16H,2,6,9-13,17H2,1H3. The van der Waals surface area contributed by atoms with Crippen LogP contribution in [0.3, 0.4) is 0 Å². The fraction of sp³-hybridized carbons (Fsp3) is 0.625. The van der Waals surface area contributed by atoms with Gasteiger partial charge in [0.2, 0.25) is 0 Å². The Balaban J connectivity index is 1.75. The van der Waals surface area contributed by atoms with Crippen molar-refractivity contribution in [3.63, 3.8) is 0 Å². The van der Waals surface area contributed by atoms with E-state index in [4.69, 9.17) is 5.73 Å². The van der Waals surface area contributed by atoms with E-state index < -0.39 is 0 Å². The largest absolute Gasteiger partial charge is 0.328 e. The summed E-state index contributed by atoms with van der Waals surface area (Å²) in [4.78, 5) is 2.58. The van der Waals surface area contributed by atoms with Crippen LogP contribution in [-0.4, -0.2) is 30.6 Å². The number of likely N-dealkylation sites (tertiary alicyclic amines) is 1. The van der Waals surface area contributed by atoms with Gasteiger partial charge in [-0.2, -0.15) is 0 Å². The molecule has 2 atom stereocenters. The highest BCUT2D eigenvalue weighted by Gasteiger charge is 2.23. The molecule has 18 heavy (non-hydrogen) atoms. The zero-order chi connectivity index (χ0) is 12.8. The van der Waals surface area contributed by atoms with Gasteiger partial charge in [0.15, 0.2) is 0 Å². The third-order valence-electron chi connectivity index (χ3n) is 4.02. The molecule has 1 heterocycles.